The van der Waals surface area contributed by atoms with E-state index < -0.39 is 32.2 Å². The van der Waals surface area contributed by atoms with Gasteiger partial charge in [0.15, 0.2) is 0 Å². The number of hydrogen-bond donors (Lipinski definition) is 3. The van der Waals surface area contributed by atoms with Crippen LogP contribution in [0.4, 0.5) is 5.69 Å². The molecule has 0 amide bonds. The summed E-state index contributed by atoms with van der Waals surface area (Å²) in [4.78, 5) is 22.2. The first kappa shape index (κ1) is 17.1. The normalized spacial score (nSPS) is 14.3. The number of allylic oxidation sites excluding steroid dienone is 1. The molecule has 100 valence electrons. The first-order chi connectivity index (χ1) is 8.71. The van der Waals surface area contributed by atoms with E-state index in [9.17, 15) is 19.0 Å². The van der Waals surface area contributed by atoms with Gasteiger partial charge in [-0.3, -0.25) is 14.8 Å². The molecule has 0 aliphatic heterocycles. The van der Waals surface area contributed by atoms with E-state index >= 15 is 0 Å². The fraction of sp³-hybridized carbons (Fsp3) is 0. The topological polar surface area (TPSA) is 138 Å². The van der Waals surface area contributed by atoms with Gasteiger partial charge in [-0.25, -0.2) is 0 Å². The third-order valence-electron chi connectivity index (χ3n) is 2.51. The van der Waals surface area contributed by atoms with Crippen molar-refractivity contribution in [3.8, 4) is 0 Å². The quantitative estimate of drug-likeness (QED) is 0.245. The van der Waals surface area contributed by atoms with Crippen LogP contribution in [-0.2, 0) is 19.5 Å². The number of carbonyl (C=O) groups is 2. The molecule has 20 heavy (non-hydrogen) atoms. The second kappa shape index (κ2) is 5.84. The van der Waals surface area contributed by atoms with E-state index in [1.165, 1.54) is 0 Å². The van der Waals surface area contributed by atoms with Crippen LogP contribution in [0.5, 0.6) is 0 Å². The largest absolute Gasteiger partial charge is 1.00 e. The van der Waals surface area contributed by atoms with Crippen LogP contribution >= 0.6 is 0 Å². The summed E-state index contributed by atoms with van der Waals surface area (Å²) >= 11 is 0. The van der Waals surface area contributed by atoms with E-state index in [2.05, 4.69) is 0 Å². The maximum Gasteiger partial charge on any atom is 1.00 e. The van der Waals surface area contributed by atoms with Crippen LogP contribution in [-0.4, -0.2) is 25.9 Å². The second-order valence-electron chi connectivity index (χ2n) is 3.70. The molecular weight excluding hydrogens is 301 g/mol. The molecule has 1 aliphatic carbocycles. The van der Waals surface area contributed by atoms with Crippen LogP contribution in [0, 0.1) is 5.21 Å². The summed E-state index contributed by atoms with van der Waals surface area (Å²) in [6.07, 6.45) is 0.531. The van der Waals surface area contributed by atoms with E-state index in [0.717, 1.165) is 18.2 Å². The van der Waals surface area contributed by atoms with Gasteiger partial charge in [0.1, 0.15) is 0 Å². The molecule has 0 bridgehead atoms. The Bertz CT molecular complexity index is 664. The number of Topliss-reactive ketones (excluding diaryl/α,β-unsaturated/α-hetero) is 1. The van der Waals surface area contributed by atoms with Gasteiger partial charge in [-0.05, 0) is 22.4 Å². The Balaban J connectivity index is 0.00000200. The van der Waals surface area contributed by atoms with Crippen LogP contribution in [0.25, 0.3) is 4.91 Å². The Kier molecular flexibility index (Phi) is 5.00. The minimum Gasteiger partial charge on any atom is -0.733 e. The molecule has 0 fully saturated rings. The average Bonchev–Trinajstić information content (AvgIpc) is 2.31. The maximum absolute atomic E-state index is 11.6. The van der Waals surface area contributed by atoms with Crippen molar-refractivity contribution in [1.29, 1.82) is 0 Å². The summed E-state index contributed by atoms with van der Waals surface area (Å²) in [5.74, 6) is -2.00. The zero-order chi connectivity index (χ0) is 14.4. The predicted octanol–water partition coefficient (Wildman–Crippen LogP) is -2.06. The first-order valence-electron chi connectivity index (χ1n) is 4.82. The summed E-state index contributed by atoms with van der Waals surface area (Å²) in [6, 6.07) is 3.02. The molecule has 10 heteroatoms. The Morgan fingerprint density at radius 3 is 2.25 bits per heavy atom. The van der Waals surface area contributed by atoms with Crippen molar-refractivity contribution < 1.29 is 57.7 Å². The Hall–Kier alpha value is -0.910. The van der Waals surface area contributed by atoms with Gasteiger partial charge in [-0.1, -0.05) is 0 Å². The molecule has 0 aromatic heterocycles. The molecule has 0 atom stereocenters. The Morgan fingerprint density at radius 2 is 1.75 bits per heavy atom. The molecule has 0 unspecified atom stereocenters. The molecular formula is C10H7NNaO7S+. The summed E-state index contributed by atoms with van der Waals surface area (Å²) < 4.78 is 29.5. The van der Waals surface area contributed by atoms with Crippen LogP contribution in [0.3, 0.4) is 0 Å². The molecule has 0 heterocycles. The van der Waals surface area contributed by atoms with Crippen molar-refractivity contribution in [3.63, 3.8) is 0 Å². The average molecular weight is 308 g/mol. The SMILES string of the molecule is O=C1C=C([S+](=O)(O)O)c2cc(N([O-])O)ccc2C1=O.[Na+]. The molecule has 3 N–H and O–H groups in total. The molecule has 0 radical (unpaired) electrons. The minimum atomic E-state index is -4.50. The van der Waals surface area contributed by atoms with E-state index in [4.69, 9.17) is 14.3 Å². The number of anilines is 1. The van der Waals surface area contributed by atoms with Gasteiger partial charge in [-0.15, -0.1) is 0 Å². The van der Waals surface area contributed by atoms with E-state index in [1.807, 2.05) is 0 Å². The molecule has 0 spiro atoms. The summed E-state index contributed by atoms with van der Waals surface area (Å²) in [6.45, 7) is 0. The number of nitrogens with zero attached hydrogens (tertiary/aromatic N) is 1. The number of fused-ring (bicyclic) bond motifs is 1. The number of ketones is 2. The van der Waals surface area contributed by atoms with Gasteiger partial charge < -0.3 is 10.4 Å². The number of rotatable bonds is 2. The number of benzene rings is 1. The van der Waals surface area contributed by atoms with Crippen molar-refractivity contribution in [2.24, 2.45) is 0 Å². The fourth-order valence-corrected chi connectivity index (χ4v) is 2.38. The van der Waals surface area contributed by atoms with Crippen LogP contribution < -0.4 is 34.8 Å². The number of hydrogen-bond acceptors (Lipinski definition) is 6. The molecule has 2 rings (SSSR count). The molecule has 0 saturated carbocycles. The predicted molar refractivity (Wildman–Crippen MR) is 64.7 cm³/mol. The minimum absolute atomic E-state index is 0. The zero-order valence-corrected chi connectivity index (χ0v) is 13.0. The molecule has 0 saturated heterocycles. The van der Waals surface area contributed by atoms with Crippen molar-refractivity contribution >= 4 is 32.7 Å². The third-order valence-corrected chi connectivity index (χ3v) is 3.42. The third kappa shape index (κ3) is 3.05. The van der Waals surface area contributed by atoms with E-state index in [1.54, 1.807) is 0 Å². The van der Waals surface area contributed by atoms with Crippen LogP contribution in [0.1, 0.15) is 15.9 Å². The van der Waals surface area contributed by atoms with Gasteiger partial charge >= 0.3 is 40.1 Å². The second-order valence-corrected chi connectivity index (χ2v) is 5.13. The maximum atomic E-state index is 11.6. The van der Waals surface area contributed by atoms with E-state index in [-0.39, 0.29) is 46.4 Å². The molecule has 8 nitrogen and oxygen atoms in total. The Morgan fingerprint density at radius 1 is 1.15 bits per heavy atom. The standard InChI is InChI=1S/C10H7NO7S.Na/c12-8-4-9(19(16,17)18)7-3-5(11(14)15)1-2-6(7)10(8)13;/h1-4,14H,(H2,16,17,18);/q;+1. The molecule has 1 aliphatic rings. The van der Waals surface area contributed by atoms with Crippen LogP contribution in [0.15, 0.2) is 24.3 Å². The van der Waals surface area contributed by atoms with Crippen LogP contribution in [0.2, 0.25) is 0 Å². The van der Waals surface area contributed by atoms with Gasteiger partial charge in [0.05, 0.1) is 11.8 Å². The van der Waals surface area contributed by atoms with Gasteiger partial charge in [0.2, 0.25) is 16.5 Å². The van der Waals surface area contributed by atoms with Gasteiger partial charge in [0.25, 0.3) is 0 Å². The molecule has 1 aromatic carbocycles. The zero-order valence-electron chi connectivity index (χ0n) is 10.1. The molecule has 1 aromatic rings. The van der Waals surface area contributed by atoms with E-state index in [0.29, 0.717) is 6.08 Å². The Labute approximate surface area is 136 Å². The van der Waals surface area contributed by atoms with Crippen molar-refractivity contribution in [1.82, 2.24) is 0 Å². The summed E-state index contributed by atoms with van der Waals surface area (Å²) in [5.41, 5.74) is -0.814. The fourth-order valence-electron chi connectivity index (χ4n) is 1.67. The number of carbonyl (C=O) groups excluding carboxylic acids is 2. The van der Waals surface area contributed by atoms with Gasteiger partial charge in [0, 0.05) is 11.1 Å². The van der Waals surface area contributed by atoms with Crippen molar-refractivity contribution in [3.05, 3.63) is 40.6 Å². The van der Waals surface area contributed by atoms with Crippen molar-refractivity contribution in [2.45, 2.75) is 0 Å². The summed E-state index contributed by atoms with van der Waals surface area (Å²) in [7, 11) is -4.50. The monoisotopic (exact) mass is 308 g/mol. The smallest absolute Gasteiger partial charge is 0.733 e. The summed E-state index contributed by atoms with van der Waals surface area (Å²) in [5, 5.41) is 19.0. The van der Waals surface area contributed by atoms with Crippen molar-refractivity contribution in [2.75, 3.05) is 5.23 Å². The first-order valence-corrected chi connectivity index (χ1v) is 6.29. The van der Waals surface area contributed by atoms with Gasteiger partial charge in [-0.2, -0.15) is 9.11 Å².